The first kappa shape index (κ1) is 20.5. The standard InChI is InChI=1S/C25H30N4O/c1-3-28-12-14-29(15-13-28)18-21-10-8-20(9-11-21)17-26-25(30)23-16-19(2)27-24-7-5-4-6-22(23)24/h4-11,16H,3,12-15,17-18H2,1-2H3,(H,26,30). The summed E-state index contributed by atoms with van der Waals surface area (Å²) in [7, 11) is 0. The Bertz CT molecular complexity index is 1010. The molecule has 3 aromatic rings. The molecule has 1 fully saturated rings. The van der Waals surface area contributed by atoms with Crippen molar-refractivity contribution in [1.29, 1.82) is 0 Å². The number of nitrogens with one attached hydrogen (secondary N) is 1. The highest BCUT2D eigenvalue weighted by Gasteiger charge is 2.15. The second-order valence-electron chi connectivity index (χ2n) is 8.04. The van der Waals surface area contributed by atoms with Gasteiger partial charge in [-0.25, -0.2) is 0 Å². The molecule has 0 atom stereocenters. The van der Waals surface area contributed by atoms with E-state index in [0.717, 1.165) is 61.4 Å². The Morgan fingerprint density at radius 1 is 0.967 bits per heavy atom. The molecule has 1 N–H and O–H groups in total. The van der Waals surface area contributed by atoms with Crippen molar-refractivity contribution in [3.05, 3.63) is 77.0 Å². The molecule has 1 aliphatic heterocycles. The Morgan fingerprint density at radius 2 is 1.63 bits per heavy atom. The summed E-state index contributed by atoms with van der Waals surface area (Å²) in [5, 5.41) is 3.95. The number of carbonyl (C=O) groups excluding carboxylic acids is 1. The van der Waals surface area contributed by atoms with Crippen molar-refractivity contribution >= 4 is 16.8 Å². The maximum Gasteiger partial charge on any atom is 0.252 e. The number of hydrogen-bond acceptors (Lipinski definition) is 4. The van der Waals surface area contributed by atoms with Crippen LogP contribution < -0.4 is 5.32 Å². The summed E-state index contributed by atoms with van der Waals surface area (Å²) in [4.78, 5) is 22.3. The molecule has 1 amide bonds. The molecule has 0 unspecified atom stereocenters. The number of pyridine rings is 1. The smallest absolute Gasteiger partial charge is 0.252 e. The number of likely N-dealkylation sites (N-methyl/N-ethyl adjacent to an activating group) is 1. The number of rotatable bonds is 6. The Kier molecular flexibility index (Phi) is 6.41. The van der Waals surface area contributed by atoms with E-state index < -0.39 is 0 Å². The molecule has 5 heteroatoms. The number of amides is 1. The number of hydrogen-bond donors (Lipinski definition) is 1. The highest BCUT2D eigenvalue weighted by Crippen LogP contribution is 2.18. The zero-order valence-corrected chi connectivity index (χ0v) is 17.9. The molecular formula is C25H30N4O. The lowest BCUT2D eigenvalue weighted by Crippen LogP contribution is -2.45. The zero-order valence-electron chi connectivity index (χ0n) is 17.9. The average Bonchev–Trinajstić information content (AvgIpc) is 2.78. The van der Waals surface area contributed by atoms with E-state index in [1.165, 1.54) is 5.56 Å². The van der Waals surface area contributed by atoms with Crippen molar-refractivity contribution < 1.29 is 4.79 Å². The van der Waals surface area contributed by atoms with Crippen LogP contribution in [0.4, 0.5) is 0 Å². The Morgan fingerprint density at radius 3 is 2.37 bits per heavy atom. The van der Waals surface area contributed by atoms with E-state index in [1.54, 1.807) is 0 Å². The van der Waals surface area contributed by atoms with Gasteiger partial charge in [0, 0.05) is 50.3 Å². The first-order chi connectivity index (χ1) is 14.6. The molecule has 0 radical (unpaired) electrons. The number of aryl methyl sites for hydroxylation is 1. The monoisotopic (exact) mass is 402 g/mol. The topological polar surface area (TPSA) is 48.5 Å². The lowest BCUT2D eigenvalue weighted by Gasteiger charge is -2.34. The lowest BCUT2D eigenvalue weighted by molar-refractivity contribution is 0.0952. The summed E-state index contributed by atoms with van der Waals surface area (Å²) < 4.78 is 0. The van der Waals surface area contributed by atoms with Gasteiger partial charge in [0.25, 0.3) is 5.91 Å². The van der Waals surface area contributed by atoms with Gasteiger partial charge < -0.3 is 10.2 Å². The number of piperazine rings is 1. The Hall–Kier alpha value is -2.76. The van der Waals surface area contributed by atoms with Crippen LogP contribution in [0.2, 0.25) is 0 Å². The minimum atomic E-state index is -0.0606. The van der Waals surface area contributed by atoms with Gasteiger partial charge in [-0.1, -0.05) is 49.4 Å². The normalized spacial score (nSPS) is 15.4. The number of carbonyl (C=O) groups is 1. The van der Waals surface area contributed by atoms with Crippen molar-refractivity contribution in [3.63, 3.8) is 0 Å². The summed E-state index contributed by atoms with van der Waals surface area (Å²) in [6.07, 6.45) is 0. The van der Waals surface area contributed by atoms with Crippen LogP contribution in [0.3, 0.4) is 0 Å². The molecule has 0 spiro atoms. The highest BCUT2D eigenvalue weighted by molar-refractivity contribution is 6.06. The first-order valence-corrected chi connectivity index (χ1v) is 10.8. The van der Waals surface area contributed by atoms with E-state index in [1.807, 2.05) is 37.3 Å². The summed E-state index contributed by atoms with van der Waals surface area (Å²) in [6.45, 7) is 11.4. The third-order valence-electron chi connectivity index (χ3n) is 5.88. The largest absolute Gasteiger partial charge is 0.348 e. The van der Waals surface area contributed by atoms with Gasteiger partial charge >= 0.3 is 0 Å². The van der Waals surface area contributed by atoms with Crippen LogP contribution in [0.25, 0.3) is 10.9 Å². The summed E-state index contributed by atoms with van der Waals surface area (Å²) in [5.41, 5.74) is 4.82. The van der Waals surface area contributed by atoms with Crippen LogP contribution in [-0.2, 0) is 13.1 Å². The van der Waals surface area contributed by atoms with Crippen LogP contribution >= 0.6 is 0 Å². The molecule has 156 valence electrons. The molecule has 1 aromatic heterocycles. The fraction of sp³-hybridized carbons (Fsp3) is 0.360. The quantitative estimate of drug-likeness (QED) is 0.684. The van der Waals surface area contributed by atoms with E-state index in [9.17, 15) is 4.79 Å². The fourth-order valence-electron chi connectivity index (χ4n) is 4.06. The Labute approximate surface area is 178 Å². The minimum Gasteiger partial charge on any atom is -0.348 e. The Balaban J connectivity index is 1.35. The maximum atomic E-state index is 12.8. The van der Waals surface area contributed by atoms with Gasteiger partial charge in [0.15, 0.2) is 0 Å². The SMILES string of the molecule is CCN1CCN(Cc2ccc(CNC(=O)c3cc(C)nc4ccccc34)cc2)CC1. The molecule has 4 rings (SSSR count). The van der Waals surface area contributed by atoms with Crippen molar-refractivity contribution in [1.82, 2.24) is 20.1 Å². The van der Waals surface area contributed by atoms with Gasteiger partial charge in [-0.15, -0.1) is 0 Å². The van der Waals surface area contributed by atoms with Gasteiger partial charge in [0.1, 0.15) is 0 Å². The number of fused-ring (bicyclic) bond motifs is 1. The highest BCUT2D eigenvalue weighted by atomic mass is 16.1. The second kappa shape index (κ2) is 9.37. The molecule has 30 heavy (non-hydrogen) atoms. The van der Waals surface area contributed by atoms with Crippen LogP contribution in [-0.4, -0.2) is 53.4 Å². The molecule has 5 nitrogen and oxygen atoms in total. The second-order valence-corrected chi connectivity index (χ2v) is 8.04. The first-order valence-electron chi connectivity index (χ1n) is 10.8. The predicted octanol–water partition coefficient (Wildman–Crippen LogP) is 3.61. The van der Waals surface area contributed by atoms with Crippen molar-refractivity contribution in [3.8, 4) is 0 Å². The molecule has 0 bridgehead atoms. The molecule has 2 aromatic carbocycles. The van der Waals surface area contributed by atoms with Crippen LogP contribution in [0, 0.1) is 6.92 Å². The van der Waals surface area contributed by atoms with E-state index >= 15 is 0 Å². The number of benzene rings is 2. The third kappa shape index (κ3) is 4.86. The average molecular weight is 403 g/mol. The number of nitrogens with zero attached hydrogens (tertiary/aromatic N) is 3. The van der Waals surface area contributed by atoms with Gasteiger partial charge in [0.2, 0.25) is 0 Å². The van der Waals surface area contributed by atoms with Gasteiger partial charge in [-0.3, -0.25) is 14.7 Å². The fourth-order valence-corrected chi connectivity index (χ4v) is 4.06. The van der Waals surface area contributed by atoms with Crippen LogP contribution in [0.1, 0.15) is 34.1 Å². The van der Waals surface area contributed by atoms with Gasteiger partial charge in [-0.05, 0) is 36.7 Å². The van der Waals surface area contributed by atoms with Crippen molar-refractivity contribution in [2.75, 3.05) is 32.7 Å². The van der Waals surface area contributed by atoms with Crippen molar-refractivity contribution in [2.45, 2.75) is 26.9 Å². The molecule has 1 saturated heterocycles. The molecule has 2 heterocycles. The number of para-hydroxylation sites is 1. The predicted molar refractivity (Wildman–Crippen MR) is 121 cm³/mol. The molecule has 0 saturated carbocycles. The third-order valence-corrected chi connectivity index (χ3v) is 5.88. The molecule has 1 aliphatic rings. The summed E-state index contributed by atoms with van der Waals surface area (Å²) in [5.74, 6) is -0.0606. The van der Waals surface area contributed by atoms with Gasteiger partial charge in [-0.2, -0.15) is 0 Å². The van der Waals surface area contributed by atoms with Gasteiger partial charge in [0.05, 0.1) is 11.1 Å². The lowest BCUT2D eigenvalue weighted by atomic mass is 10.1. The maximum absolute atomic E-state index is 12.8. The summed E-state index contributed by atoms with van der Waals surface area (Å²) in [6, 6.07) is 18.2. The zero-order chi connectivity index (χ0) is 20.9. The molecular weight excluding hydrogens is 372 g/mol. The van der Waals surface area contributed by atoms with E-state index in [-0.39, 0.29) is 5.91 Å². The van der Waals surface area contributed by atoms with E-state index in [2.05, 4.69) is 51.3 Å². The van der Waals surface area contributed by atoms with Crippen molar-refractivity contribution in [2.24, 2.45) is 0 Å². The van der Waals surface area contributed by atoms with E-state index in [4.69, 9.17) is 0 Å². The molecule has 0 aliphatic carbocycles. The van der Waals surface area contributed by atoms with Crippen LogP contribution in [0.15, 0.2) is 54.6 Å². The summed E-state index contributed by atoms with van der Waals surface area (Å²) >= 11 is 0. The van der Waals surface area contributed by atoms with E-state index in [0.29, 0.717) is 12.1 Å². The van der Waals surface area contributed by atoms with Crippen LogP contribution in [0.5, 0.6) is 0 Å². The minimum absolute atomic E-state index is 0.0606. The number of aromatic nitrogens is 1.